The van der Waals surface area contributed by atoms with Crippen molar-refractivity contribution in [1.82, 2.24) is 4.90 Å². The molecule has 0 bridgehead atoms. The summed E-state index contributed by atoms with van der Waals surface area (Å²) in [6, 6.07) is 8.32. The van der Waals surface area contributed by atoms with E-state index in [2.05, 4.69) is 31.2 Å². The molecule has 2 aliphatic heterocycles. The van der Waals surface area contributed by atoms with Gasteiger partial charge in [-0.3, -0.25) is 0 Å². The van der Waals surface area contributed by atoms with Crippen LogP contribution in [0.1, 0.15) is 31.7 Å². The average Bonchev–Trinajstić information content (AvgIpc) is 2.98. The molecule has 1 atom stereocenters. The molecule has 2 aliphatic rings. The Labute approximate surface area is 147 Å². The lowest BCUT2D eigenvalue weighted by atomic mass is 9.88. The first-order valence-corrected chi connectivity index (χ1v) is 9.30. The molecule has 6 heteroatoms. The predicted octanol–water partition coefficient (Wildman–Crippen LogP) is 3.80. The largest absolute Gasteiger partial charge is 0.450 e. The molecule has 0 N–H and O–H groups in total. The second kappa shape index (κ2) is 7.76. The molecule has 0 saturated carbocycles. The second-order valence-electron chi connectivity index (χ2n) is 6.50. The van der Waals surface area contributed by atoms with E-state index in [1.54, 1.807) is 4.90 Å². The minimum atomic E-state index is -0.215. The fourth-order valence-electron chi connectivity index (χ4n) is 3.24. The molecule has 2 fully saturated rings. The van der Waals surface area contributed by atoms with Gasteiger partial charge in [-0.05, 0) is 38.8 Å². The predicted molar refractivity (Wildman–Crippen MR) is 93.0 cm³/mol. The Balaban J connectivity index is 1.45. The van der Waals surface area contributed by atoms with Crippen molar-refractivity contribution in [2.75, 3.05) is 26.3 Å². The molecule has 2 heterocycles. The van der Waals surface area contributed by atoms with Crippen LogP contribution in [0, 0.1) is 6.92 Å². The Hall–Kier alpha value is -1.24. The summed E-state index contributed by atoms with van der Waals surface area (Å²) in [5, 5.41) is 0. The summed E-state index contributed by atoms with van der Waals surface area (Å²) in [7, 11) is 0. The highest BCUT2D eigenvalue weighted by Gasteiger charge is 2.44. The topological polar surface area (TPSA) is 48.0 Å². The van der Waals surface area contributed by atoms with Crippen molar-refractivity contribution in [3.63, 3.8) is 0 Å². The van der Waals surface area contributed by atoms with Gasteiger partial charge in [-0.25, -0.2) is 4.79 Å². The zero-order valence-corrected chi connectivity index (χ0v) is 15.1. The number of rotatable bonds is 4. The van der Waals surface area contributed by atoms with Crippen LogP contribution in [0.2, 0.25) is 0 Å². The number of piperidine rings is 1. The van der Waals surface area contributed by atoms with Crippen LogP contribution in [-0.4, -0.2) is 49.0 Å². The molecular formula is C18H25NO4S. The number of amides is 1. The number of hydrogen-bond acceptors (Lipinski definition) is 5. The summed E-state index contributed by atoms with van der Waals surface area (Å²) in [5.74, 6) is 0. The molecule has 2 saturated heterocycles. The molecule has 0 aliphatic carbocycles. The summed E-state index contributed by atoms with van der Waals surface area (Å²) < 4.78 is 17.1. The van der Waals surface area contributed by atoms with Gasteiger partial charge in [-0.15, -0.1) is 0 Å². The van der Waals surface area contributed by atoms with Crippen LogP contribution >= 0.6 is 12.0 Å². The summed E-state index contributed by atoms with van der Waals surface area (Å²) in [4.78, 5) is 14.7. The van der Waals surface area contributed by atoms with E-state index in [1.165, 1.54) is 17.6 Å². The van der Waals surface area contributed by atoms with E-state index < -0.39 is 0 Å². The maximum Gasteiger partial charge on any atom is 0.409 e. The van der Waals surface area contributed by atoms with Crippen LogP contribution < -0.4 is 0 Å². The number of ether oxygens (including phenoxy) is 2. The lowest BCUT2D eigenvalue weighted by Crippen LogP contribution is -2.46. The number of nitrogens with zero attached hydrogens (tertiary/aromatic N) is 1. The van der Waals surface area contributed by atoms with Crippen molar-refractivity contribution in [2.24, 2.45) is 0 Å². The van der Waals surface area contributed by atoms with E-state index in [0.29, 0.717) is 26.3 Å². The Morgan fingerprint density at radius 3 is 2.71 bits per heavy atom. The first kappa shape index (κ1) is 17.6. The zero-order valence-electron chi connectivity index (χ0n) is 14.3. The van der Waals surface area contributed by atoms with Crippen molar-refractivity contribution in [3.05, 3.63) is 29.8 Å². The number of carbonyl (C=O) groups is 1. The average molecular weight is 351 g/mol. The summed E-state index contributed by atoms with van der Waals surface area (Å²) >= 11 is 1.42. The fraction of sp³-hybridized carbons (Fsp3) is 0.611. The monoisotopic (exact) mass is 351 g/mol. The van der Waals surface area contributed by atoms with Crippen molar-refractivity contribution in [1.29, 1.82) is 0 Å². The van der Waals surface area contributed by atoms with E-state index in [9.17, 15) is 4.79 Å². The van der Waals surface area contributed by atoms with Crippen LogP contribution in [0.4, 0.5) is 4.79 Å². The fourth-order valence-corrected chi connectivity index (χ4v) is 3.86. The lowest BCUT2D eigenvalue weighted by molar-refractivity contribution is -0.0420. The first-order chi connectivity index (χ1) is 11.6. The van der Waals surface area contributed by atoms with Crippen LogP contribution in [-0.2, 0) is 13.7 Å². The van der Waals surface area contributed by atoms with Crippen LogP contribution in [0.15, 0.2) is 29.2 Å². The van der Waals surface area contributed by atoms with Crippen molar-refractivity contribution in [2.45, 2.75) is 49.7 Å². The van der Waals surface area contributed by atoms with Gasteiger partial charge in [-0.1, -0.05) is 17.7 Å². The number of benzene rings is 1. The molecule has 1 aromatic rings. The van der Waals surface area contributed by atoms with Gasteiger partial charge in [0.05, 0.1) is 24.9 Å². The molecule has 0 aromatic heterocycles. The standard InChI is InChI=1S/C18H25NO4S/c1-3-21-17(20)19-10-8-18(9-11-19)12-15(13-22-18)23-24-16-6-4-14(2)5-7-16/h4-7,15H,3,8-13H2,1-2H3. The Morgan fingerprint density at radius 2 is 2.04 bits per heavy atom. The number of likely N-dealkylation sites (tertiary alicyclic amines) is 1. The van der Waals surface area contributed by atoms with Gasteiger partial charge in [0.25, 0.3) is 0 Å². The van der Waals surface area contributed by atoms with Gasteiger partial charge in [-0.2, -0.15) is 0 Å². The maximum absolute atomic E-state index is 11.8. The minimum Gasteiger partial charge on any atom is -0.450 e. The first-order valence-electron chi connectivity index (χ1n) is 8.56. The maximum atomic E-state index is 11.8. The smallest absolute Gasteiger partial charge is 0.409 e. The van der Waals surface area contributed by atoms with Crippen molar-refractivity contribution in [3.8, 4) is 0 Å². The molecule has 132 valence electrons. The Morgan fingerprint density at radius 1 is 1.33 bits per heavy atom. The van der Waals surface area contributed by atoms with Crippen molar-refractivity contribution >= 4 is 18.1 Å². The third-order valence-electron chi connectivity index (χ3n) is 4.68. The van der Waals surface area contributed by atoms with E-state index >= 15 is 0 Å². The van der Waals surface area contributed by atoms with Gasteiger partial charge < -0.3 is 18.6 Å². The van der Waals surface area contributed by atoms with Crippen LogP contribution in [0.25, 0.3) is 0 Å². The third-order valence-corrected chi connectivity index (χ3v) is 5.51. The van der Waals surface area contributed by atoms with Crippen LogP contribution in [0.3, 0.4) is 0 Å². The quantitative estimate of drug-likeness (QED) is 0.772. The normalized spacial score (nSPS) is 22.8. The zero-order chi connectivity index (χ0) is 17.0. The second-order valence-corrected chi connectivity index (χ2v) is 7.33. The summed E-state index contributed by atoms with van der Waals surface area (Å²) in [5.41, 5.74) is 1.11. The van der Waals surface area contributed by atoms with E-state index in [4.69, 9.17) is 13.7 Å². The van der Waals surface area contributed by atoms with Gasteiger partial charge in [0.15, 0.2) is 0 Å². The van der Waals surface area contributed by atoms with Gasteiger partial charge in [0.2, 0.25) is 0 Å². The number of carbonyl (C=O) groups excluding carboxylic acids is 1. The summed E-state index contributed by atoms with van der Waals surface area (Å²) in [6.45, 7) is 6.33. The Kier molecular flexibility index (Phi) is 5.69. The molecular weight excluding hydrogens is 326 g/mol. The van der Waals surface area contributed by atoms with Gasteiger partial charge >= 0.3 is 6.09 Å². The van der Waals surface area contributed by atoms with E-state index in [1.807, 2.05) is 6.92 Å². The van der Waals surface area contributed by atoms with Gasteiger partial charge in [0.1, 0.15) is 0 Å². The molecule has 24 heavy (non-hydrogen) atoms. The van der Waals surface area contributed by atoms with Crippen LogP contribution in [0.5, 0.6) is 0 Å². The highest BCUT2D eigenvalue weighted by molar-refractivity contribution is 7.94. The minimum absolute atomic E-state index is 0.102. The molecule has 5 nitrogen and oxygen atoms in total. The molecule has 3 rings (SSSR count). The lowest BCUT2D eigenvalue weighted by Gasteiger charge is -2.37. The molecule has 0 radical (unpaired) electrons. The van der Waals surface area contributed by atoms with Crippen molar-refractivity contribution < 1.29 is 18.5 Å². The molecule has 1 spiro atoms. The van der Waals surface area contributed by atoms with Gasteiger partial charge in [0, 0.05) is 36.4 Å². The van der Waals surface area contributed by atoms with E-state index in [0.717, 1.165) is 24.2 Å². The molecule has 1 unspecified atom stereocenters. The third kappa shape index (κ3) is 4.23. The molecule has 1 aromatic carbocycles. The number of hydrogen-bond donors (Lipinski definition) is 0. The Bertz CT molecular complexity index is 555. The van der Waals surface area contributed by atoms with E-state index in [-0.39, 0.29) is 17.8 Å². The molecule has 1 amide bonds. The SMILES string of the molecule is CCOC(=O)N1CCC2(CC1)CC(OSc1ccc(C)cc1)CO2. The number of aryl methyl sites for hydroxylation is 1. The highest BCUT2D eigenvalue weighted by Crippen LogP contribution is 2.39. The highest BCUT2D eigenvalue weighted by atomic mass is 32.2. The summed E-state index contributed by atoms with van der Waals surface area (Å²) in [6.07, 6.45) is 2.48.